The van der Waals surface area contributed by atoms with Crippen molar-refractivity contribution in [1.29, 1.82) is 0 Å². The van der Waals surface area contributed by atoms with Crippen molar-refractivity contribution in [3.8, 4) is 0 Å². The number of nitrogens with zero attached hydrogens (tertiary/aromatic N) is 1. The Labute approximate surface area is 149 Å². The zero-order valence-electron chi connectivity index (χ0n) is 13.4. The van der Waals surface area contributed by atoms with E-state index in [1.807, 2.05) is 0 Å². The Morgan fingerprint density at radius 3 is 1.96 bits per heavy atom. The molecule has 0 saturated heterocycles. The van der Waals surface area contributed by atoms with E-state index >= 15 is 0 Å². The fourth-order valence-electron chi connectivity index (χ4n) is 3.65. The van der Waals surface area contributed by atoms with Crippen molar-refractivity contribution in [3.05, 3.63) is 21.8 Å². The first-order valence-corrected chi connectivity index (χ1v) is 8.80. The van der Waals surface area contributed by atoms with E-state index < -0.39 is 38.9 Å². The summed E-state index contributed by atoms with van der Waals surface area (Å²) in [5, 5.41) is 2.88. The number of hydrogen-bond donors (Lipinski definition) is 1. The van der Waals surface area contributed by atoms with E-state index in [0.29, 0.717) is 12.8 Å². The highest BCUT2D eigenvalue weighted by Crippen LogP contribution is 2.59. The molecule has 9 heteroatoms. The van der Waals surface area contributed by atoms with Gasteiger partial charge in [0.05, 0.1) is 11.0 Å². The van der Waals surface area contributed by atoms with Gasteiger partial charge in [-0.1, -0.05) is 6.42 Å². The lowest BCUT2D eigenvalue weighted by Gasteiger charge is -2.47. The summed E-state index contributed by atoms with van der Waals surface area (Å²) >= 11 is 2.76. The van der Waals surface area contributed by atoms with Crippen molar-refractivity contribution >= 4 is 21.7 Å². The van der Waals surface area contributed by atoms with Crippen LogP contribution in [0.15, 0.2) is 10.7 Å². The van der Waals surface area contributed by atoms with Gasteiger partial charge in [-0.2, -0.15) is 26.3 Å². The third-order valence-corrected chi connectivity index (χ3v) is 6.02. The summed E-state index contributed by atoms with van der Waals surface area (Å²) < 4.78 is 81.9. The SMILES string of the molecule is CC1(Nc2ncc(Br)c(C(F)(F)F)c2C2(C(F)(F)F)CCC2)CCC1. The second kappa shape index (κ2) is 5.76. The summed E-state index contributed by atoms with van der Waals surface area (Å²) in [6, 6.07) is 0. The van der Waals surface area contributed by atoms with Gasteiger partial charge in [0.25, 0.3) is 0 Å². The molecule has 1 heterocycles. The summed E-state index contributed by atoms with van der Waals surface area (Å²) in [6.07, 6.45) is -6.99. The maximum Gasteiger partial charge on any atom is 0.417 e. The smallest absolute Gasteiger partial charge is 0.365 e. The molecule has 2 nitrogen and oxygen atoms in total. The van der Waals surface area contributed by atoms with Crippen LogP contribution in [0, 0.1) is 0 Å². The van der Waals surface area contributed by atoms with Gasteiger partial charge >= 0.3 is 12.4 Å². The first kappa shape index (κ1) is 18.8. The Kier molecular flexibility index (Phi) is 4.33. The Balaban J connectivity index is 2.23. The molecule has 2 aliphatic carbocycles. The van der Waals surface area contributed by atoms with Crippen molar-refractivity contribution in [3.63, 3.8) is 0 Å². The highest BCUT2D eigenvalue weighted by molar-refractivity contribution is 9.10. The molecule has 25 heavy (non-hydrogen) atoms. The lowest BCUT2D eigenvalue weighted by atomic mass is 9.62. The van der Waals surface area contributed by atoms with Crippen LogP contribution in [0.2, 0.25) is 0 Å². The van der Waals surface area contributed by atoms with Crippen LogP contribution in [0.5, 0.6) is 0 Å². The molecule has 2 fully saturated rings. The molecule has 0 aliphatic heterocycles. The quantitative estimate of drug-likeness (QED) is 0.577. The maximum atomic E-state index is 13.8. The molecule has 0 unspecified atom stereocenters. The van der Waals surface area contributed by atoms with Gasteiger partial charge in [-0.05, 0) is 55.0 Å². The number of anilines is 1. The van der Waals surface area contributed by atoms with Gasteiger partial charge in [0.15, 0.2) is 0 Å². The second-order valence-electron chi connectivity index (χ2n) is 7.18. The van der Waals surface area contributed by atoms with E-state index in [1.165, 1.54) is 0 Å². The van der Waals surface area contributed by atoms with E-state index in [9.17, 15) is 26.3 Å². The summed E-state index contributed by atoms with van der Waals surface area (Å²) in [5.74, 6) is -0.297. The zero-order valence-corrected chi connectivity index (χ0v) is 15.0. The Hall–Kier alpha value is -0.990. The van der Waals surface area contributed by atoms with Gasteiger partial charge in [-0.3, -0.25) is 0 Å². The highest BCUT2D eigenvalue weighted by Gasteiger charge is 2.63. The Morgan fingerprint density at radius 1 is 1.04 bits per heavy atom. The lowest BCUT2D eigenvalue weighted by Crippen LogP contribution is -2.51. The normalized spacial score (nSPS) is 22.1. The number of nitrogens with one attached hydrogen (secondary N) is 1. The van der Waals surface area contributed by atoms with Crippen LogP contribution in [0.1, 0.15) is 56.6 Å². The molecular formula is C16H17BrF6N2. The molecule has 2 aliphatic rings. The van der Waals surface area contributed by atoms with Gasteiger partial charge in [0, 0.05) is 21.8 Å². The predicted octanol–water partition coefficient (Wildman–Crippen LogP) is 6.20. The molecule has 1 aromatic heterocycles. The molecule has 140 valence electrons. The molecule has 1 aromatic rings. The van der Waals surface area contributed by atoms with E-state index in [1.54, 1.807) is 6.92 Å². The highest BCUT2D eigenvalue weighted by atomic mass is 79.9. The van der Waals surface area contributed by atoms with E-state index in [0.717, 1.165) is 12.6 Å². The summed E-state index contributed by atoms with van der Waals surface area (Å²) in [6.45, 7) is 1.79. The summed E-state index contributed by atoms with van der Waals surface area (Å²) in [4.78, 5) is 3.92. The zero-order chi connectivity index (χ0) is 18.7. The monoisotopic (exact) mass is 430 g/mol. The third-order valence-electron chi connectivity index (χ3n) is 5.42. The van der Waals surface area contributed by atoms with Gasteiger partial charge in [0.2, 0.25) is 0 Å². The maximum absolute atomic E-state index is 13.8. The fraction of sp³-hybridized carbons (Fsp3) is 0.688. The molecule has 0 amide bonds. The van der Waals surface area contributed by atoms with Crippen LogP contribution in [0.4, 0.5) is 32.2 Å². The van der Waals surface area contributed by atoms with Crippen molar-refractivity contribution in [1.82, 2.24) is 4.98 Å². The number of aromatic nitrogens is 1. The lowest BCUT2D eigenvalue weighted by molar-refractivity contribution is -0.215. The van der Waals surface area contributed by atoms with Crippen LogP contribution in [0.25, 0.3) is 0 Å². The van der Waals surface area contributed by atoms with Crippen molar-refractivity contribution in [2.75, 3.05) is 5.32 Å². The molecule has 0 bridgehead atoms. The van der Waals surface area contributed by atoms with Crippen LogP contribution in [0.3, 0.4) is 0 Å². The van der Waals surface area contributed by atoms with Gasteiger partial charge < -0.3 is 5.32 Å². The molecule has 2 saturated carbocycles. The molecule has 3 rings (SSSR count). The molecule has 0 spiro atoms. The summed E-state index contributed by atoms with van der Waals surface area (Å²) in [7, 11) is 0. The Bertz CT molecular complexity index is 674. The topological polar surface area (TPSA) is 24.9 Å². The number of alkyl halides is 6. The molecule has 0 aromatic carbocycles. The first-order valence-electron chi connectivity index (χ1n) is 8.01. The number of rotatable bonds is 3. The van der Waals surface area contributed by atoms with Crippen LogP contribution in [-0.4, -0.2) is 16.7 Å². The van der Waals surface area contributed by atoms with Gasteiger partial charge in [0.1, 0.15) is 5.82 Å². The minimum Gasteiger partial charge on any atom is -0.365 e. The standard InChI is InChI=1S/C16H17BrF6N2/c1-13(4-2-5-13)25-12-11(14(6-3-7-14)16(21,22)23)10(15(18,19)20)9(17)8-24-12/h8H,2-7H2,1H3,(H,24,25). The van der Waals surface area contributed by atoms with Crippen molar-refractivity contribution in [2.45, 2.75) is 68.8 Å². The van der Waals surface area contributed by atoms with Crippen molar-refractivity contribution in [2.24, 2.45) is 0 Å². The Morgan fingerprint density at radius 2 is 1.60 bits per heavy atom. The van der Waals surface area contributed by atoms with E-state index in [2.05, 4.69) is 26.2 Å². The minimum absolute atomic E-state index is 0.236. The molecule has 1 N–H and O–H groups in total. The minimum atomic E-state index is -4.91. The number of halogens is 7. The summed E-state index contributed by atoms with van der Waals surface area (Å²) in [5.41, 5.74) is -5.06. The molecule has 0 atom stereocenters. The fourth-order valence-corrected chi connectivity index (χ4v) is 4.17. The van der Waals surface area contributed by atoms with E-state index in [4.69, 9.17) is 0 Å². The average molecular weight is 431 g/mol. The van der Waals surface area contributed by atoms with Gasteiger partial charge in [-0.15, -0.1) is 0 Å². The molecular weight excluding hydrogens is 414 g/mol. The number of pyridine rings is 1. The predicted molar refractivity (Wildman–Crippen MR) is 84.4 cm³/mol. The number of hydrogen-bond acceptors (Lipinski definition) is 2. The average Bonchev–Trinajstić information content (AvgIpc) is 2.35. The first-order chi connectivity index (χ1) is 11.4. The van der Waals surface area contributed by atoms with Crippen LogP contribution >= 0.6 is 15.9 Å². The third kappa shape index (κ3) is 3.02. The van der Waals surface area contributed by atoms with Crippen LogP contribution < -0.4 is 5.32 Å². The molecule has 0 radical (unpaired) electrons. The van der Waals surface area contributed by atoms with Gasteiger partial charge in [-0.25, -0.2) is 4.98 Å². The van der Waals surface area contributed by atoms with Crippen LogP contribution in [-0.2, 0) is 11.6 Å². The van der Waals surface area contributed by atoms with E-state index in [-0.39, 0.29) is 25.1 Å². The van der Waals surface area contributed by atoms with Crippen molar-refractivity contribution < 1.29 is 26.3 Å². The second-order valence-corrected chi connectivity index (χ2v) is 8.03. The largest absolute Gasteiger partial charge is 0.417 e.